The number of hydrogen-bond acceptors (Lipinski definition) is 10. The lowest BCUT2D eigenvalue weighted by atomic mass is 10.1. The minimum Gasteiger partial charge on any atom is -0.453 e. The molecule has 58 heavy (non-hydrogen) atoms. The van der Waals surface area contributed by atoms with Crippen LogP contribution in [0.1, 0.15) is 63.8 Å². The molecular weight excluding hydrogens is 745 g/mol. The summed E-state index contributed by atoms with van der Waals surface area (Å²) in [7, 11) is 2.50. The molecule has 5 aromatic rings. The Morgan fingerprint density at radius 2 is 1.22 bits per heavy atom. The molecule has 0 bridgehead atoms. The number of carbonyl (C=O) groups excluding carboxylic acids is 4. The summed E-state index contributed by atoms with van der Waals surface area (Å²) in [6.45, 7) is 9.15. The predicted octanol–water partition coefficient (Wildman–Crippen LogP) is 7.32. The molecule has 4 amide bonds. The van der Waals surface area contributed by atoms with E-state index >= 15 is 0 Å². The Morgan fingerprint density at radius 1 is 0.707 bits per heavy atom. The fourth-order valence-electron chi connectivity index (χ4n) is 6.18. The van der Waals surface area contributed by atoms with Crippen molar-refractivity contribution in [3.63, 3.8) is 0 Å². The maximum absolute atomic E-state index is 13.8. The third-order valence-electron chi connectivity index (χ3n) is 8.94. The largest absolute Gasteiger partial charge is 0.453 e. The standard InChI is InChI=1S/C40H44N8O8.C2H6/c1-5-16-47(36(49)22-43-39(51)53-3)23-34-41-20-28(44-34)26-12-14-30-32(18-26)55-31-15-13-27(19-33(31)56-30)29-21-42-35(45-29)24-48(17-6-2)38(50)37(46-40(52)54-4)25-10-8-7-9-11-25;1-2/h7-15,18-21,37H,5-6,16-17,22-24H2,1-4H3,(H,41,44)(H,42,45)(H,43,51)(H,46,52);1-2H3/t37-;/m1./s1. The van der Waals surface area contributed by atoms with Gasteiger partial charge in [-0.3, -0.25) is 9.59 Å². The SMILES string of the molecule is CC.CCCN(Cc1ncc(-c2ccc3c(c2)Oc2ccc(-c4cnc(CN(CCC)C(=O)[C@H](NC(=O)OC)c5ccccc5)[nH]4)cc2O3)[nH]1)C(=O)CNC(=O)OC. The number of carbonyl (C=O) groups is 4. The van der Waals surface area contributed by atoms with E-state index in [1.54, 1.807) is 34.3 Å². The Bertz CT molecular complexity index is 2170. The molecule has 1 aliphatic rings. The number of nitrogens with one attached hydrogen (secondary N) is 4. The van der Waals surface area contributed by atoms with Gasteiger partial charge in [0.25, 0.3) is 0 Å². The summed E-state index contributed by atoms with van der Waals surface area (Å²) in [5.74, 6) is 2.73. The Kier molecular flexibility index (Phi) is 14.9. The molecule has 0 unspecified atom stereocenters. The maximum Gasteiger partial charge on any atom is 0.407 e. The molecule has 3 aromatic carbocycles. The van der Waals surface area contributed by atoms with Crippen LogP contribution in [0.15, 0.2) is 79.1 Å². The van der Waals surface area contributed by atoms with E-state index in [1.807, 2.05) is 82.3 Å². The maximum atomic E-state index is 13.8. The van der Waals surface area contributed by atoms with Crippen molar-refractivity contribution in [2.75, 3.05) is 33.9 Å². The quantitative estimate of drug-likeness (QED) is 0.0819. The van der Waals surface area contributed by atoms with Gasteiger partial charge >= 0.3 is 12.2 Å². The molecule has 0 saturated heterocycles. The van der Waals surface area contributed by atoms with Crippen LogP contribution in [0.4, 0.5) is 9.59 Å². The van der Waals surface area contributed by atoms with Gasteiger partial charge in [-0.25, -0.2) is 19.6 Å². The Hall–Kier alpha value is -6.84. The third-order valence-corrected chi connectivity index (χ3v) is 8.94. The van der Waals surface area contributed by atoms with Crippen LogP contribution < -0.4 is 20.1 Å². The fraction of sp³-hybridized carbons (Fsp3) is 0.333. The molecule has 1 atom stereocenters. The summed E-state index contributed by atoms with van der Waals surface area (Å²) in [6.07, 6.45) is 3.46. The van der Waals surface area contributed by atoms with Crippen LogP contribution in [0.2, 0.25) is 0 Å². The Morgan fingerprint density at radius 3 is 1.74 bits per heavy atom. The van der Waals surface area contributed by atoms with E-state index in [-0.39, 0.29) is 31.4 Å². The Balaban J connectivity index is 0.00000315. The minimum absolute atomic E-state index is 0.177. The van der Waals surface area contributed by atoms with Crippen LogP contribution in [-0.2, 0) is 32.2 Å². The van der Waals surface area contributed by atoms with Gasteiger partial charge in [-0.1, -0.05) is 58.0 Å². The number of fused-ring (bicyclic) bond motifs is 2. The lowest BCUT2D eigenvalue weighted by molar-refractivity contribution is -0.134. The smallest absolute Gasteiger partial charge is 0.407 e. The van der Waals surface area contributed by atoms with E-state index in [1.165, 1.54) is 14.2 Å². The fourth-order valence-corrected chi connectivity index (χ4v) is 6.18. The average molecular weight is 795 g/mol. The van der Waals surface area contributed by atoms with Crippen molar-refractivity contribution in [3.05, 3.63) is 96.3 Å². The van der Waals surface area contributed by atoms with E-state index in [4.69, 9.17) is 14.2 Å². The van der Waals surface area contributed by atoms with Crippen molar-refractivity contribution in [2.24, 2.45) is 0 Å². The number of methoxy groups -OCH3 is 2. The first-order valence-corrected chi connectivity index (χ1v) is 19.2. The summed E-state index contributed by atoms with van der Waals surface area (Å²) >= 11 is 0. The van der Waals surface area contributed by atoms with Crippen molar-refractivity contribution in [1.82, 2.24) is 40.4 Å². The van der Waals surface area contributed by atoms with E-state index < -0.39 is 18.2 Å². The van der Waals surface area contributed by atoms with Crippen molar-refractivity contribution >= 4 is 24.0 Å². The van der Waals surface area contributed by atoms with Crippen LogP contribution in [0.5, 0.6) is 23.0 Å². The van der Waals surface area contributed by atoms with Crippen molar-refractivity contribution < 1.29 is 38.1 Å². The second-order valence-electron chi connectivity index (χ2n) is 12.9. The minimum atomic E-state index is -0.930. The molecule has 0 radical (unpaired) electrons. The predicted molar refractivity (Wildman–Crippen MR) is 216 cm³/mol. The van der Waals surface area contributed by atoms with Gasteiger partial charge in [0.15, 0.2) is 23.0 Å². The van der Waals surface area contributed by atoms with Gasteiger partial charge in [0.2, 0.25) is 11.8 Å². The zero-order chi connectivity index (χ0) is 41.6. The van der Waals surface area contributed by atoms with E-state index in [0.717, 1.165) is 28.9 Å². The van der Waals surface area contributed by atoms with E-state index in [0.29, 0.717) is 59.7 Å². The molecule has 6 rings (SSSR count). The van der Waals surface area contributed by atoms with Crippen LogP contribution in [0, 0.1) is 0 Å². The van der Waals surface area contributed by atoms with E-state index in [9.17, 15) is 19.2 Å². The van der Waals surface area contributed by atoms with Crippen LogP contribution in [-0.4, -0.2) is 87.6 Å². The molecule has 16 heteroatoms. The summed E-state index contributed by atoms with van der Waals surface area (Å²) in [5.41, 5.74) is 3.70. The van der Waals surface area contributed by atoms with Gasteiger partial charge in [-0.05, 0) is 54.8 Å². The van der Waals surface area contributed by atoms with E-state index in [2.05, 4.69) is 35.3 Å². The van der Waals surface area contributed by atoms with Gasteiger partial charge in [0.05, 0.1) is 51.1 Å². The van der Waals surface area contributed by atoms with Crippen LogP contribution in [0.3, 0.4) is 0 Å². The number of alkyl carbamates (subject to hydrolysis) is 2. The highest BCUT2D eigenvalue weighted by atomic mass is 16.6. The monoisotopic (exact) mass is 794 g/mol. The highest BCUT2D eigenvalue weighted by Gasteiger charge is 2.29. The molecule has 16 nitrogen and oxygen atoms in total. The van der Waals surface area contributed by atoms with Gasteiger partial charge < -0.3 is 49.3 Å². The zero-order valence-corrected chi connectivity index (χ0v) is 33.6. The number of H-pyrrole nitrogens is 2. The Labute approximate surface area is 337 Å². The number of ether oxygens (including phenoxy) is 4. The molecule has 3 heterocycles. The number of nitrogens with zero attached hydrogens (tertiary/aromatic N) is 4. The number of rotatable bonds is 15. The zero-order valence-electron chi connectivity index (χ0n) is 33.6. The number of aromatic amines is 2. The van der Waals surface area contributed by atoms with Gasteiger partial charge in [0, 0.05) is 24.2 Å². The molecule has 0 aliphatic carbocycles. The van der Waals surface area contributed by atoms with Crippen LogP contribution in [0.25, 0.3) is 22.5 Å². The normalized spacial score (nSPS) is 11.6. The molecular formula is C42H50N8O8. The first-order chi connectivity index (χ1) is 28.2. The molecule has 306 valence electrons. The lowest BCUT2D eigenvalue weighted by Gasteiger charge is -2.27. The number of imidazole rings is 2. The summed E-state index contributed by atoms with van der Waals surface area (Å²) in [4.78, 5) is 69.1. The first-order valence-electron chi connectivity index (χ1n) is 19.2. The number of aromatic nitrogens is 4. The van der Waals surface area contributed by atoms with Crippen LogP contribution >= 0.6 is 0 Å². The summed E-state index contributed by atoms with van der Waals surface area (Å²) in [5, 5.41) is 5.09. The number of amides is 4. The number of hydrogen-bond donors (Lipinski definition) is 4. The van der Waals surface area contributed by atoms with Gasteiger partial charge in [-0.15, -0.1) is 0 Å². The van der Waals surface area contributed by atoms with Crippen molar-refractivity contribution in [1.29, 1.82) is 0 Å². The topological polar surface area (TPSA) is 193 Å². The molecule has 0 fully saturated rings. The third kappa shape index (κ3) is 10.5. The first kappa shape index (κ1) is 42.3. The second-order valence-corrected chi connectivity index (χ2v) is 12.9. The molecule has 1 aliphatic heterocycles. The van der Waals surface area contributed by atoms with Gasteiger partial charge in [-0.2, -0.15) is 0 Å². The van der Waals surface area contributed by atoms with Crippen molar-refractivity contribution in [2.45, 2.75) is 59.7 Å². The lowest BCUT2D eigenvalue weighted by Crippen LogP contribution is -2.43. The molecule has 0 saturated carbocycles. The summed E-state index contributed by atoms with van der Waals surface area (Å²) in [6, 6.07) is 19.2. The average Bonchev–Trinajstić information content (AvgIpc) is 3.94. The van der Waals surface area contributed by atoms with Crippen molar-refractivity contribution in [3.8, 4) is 45.5 Å². The number of benzene rings is 3. The second kappa shape index (κ2) is 20.4. The highest BCUT2D eigenvalue weighted by Crippen LogP contribution is 2.47. The highest BCUT2D eigenvalue weighted by molar-refractivity contribution is 5.87. The van der Waals surface area contributed by atoms with Gasteiger partial charge in [0.1, 0.15) is 24.2 Å². The summed E-state index contributed by atoms with van der Waals surface area (Å²) < 4.78 is 21.9. The molecule has 4 N–H and O–H groups in total. The molecule has 2 aromatic heterocycles. The molecule has 0 spiro atoms.